The van der Waals surface area contributed by atoms with Crippen LogP contribution in [-0.4, -0.2) is 113 Å². The predicted molar refractivity (Wildman–Crippen MR) is 213 cm³/mol. The summed E-state index contributed by atoms with van der Waals surface area (Å²) in [7, 11) is 0. The number of nitriles is 1. The third-order valence-electron chi connectivity index (χ3n) is 11.6. The molecule has 2 aromatic heterocycles. The summed E-state index contributed by atoms with van der Waals surface area (Å²) in [5.74, 6) is 0.983. The molecule has 0 spiro atoms. The van der Waals surface area contributed by atoms with Gasteiger partial charge in [-0.15, -0.1) is 10.2 Å². The first-order chi connectivity index (χ1) is 27.7. The van der Waals surface area contributed by atoms with E-state index in [4.69, 9.17) is 21.6 Å². The minimum atomic E-state index is -0.392. The normalized spacial score (nSPS) is 20.9. The summed E-state index contributed by atoms with van der Waals surface area (Å²) < 4.78 is 8.33. The summed E-state index contributed by atoms with van der Waals surface area (Å²) in [4.78, 5) is 58.5. The lowest BCUT2D eigenvalue weighted by Crippen LogP contribution is -2.51. The van der Waals surface area contributed by atoms with Gasteiger partial charge < -0.3 is 24.4 Å². The van der Waals surface area contributed by atoms with Gasteiger partial charge in [0.1, 0.15) is 11.8 Å². The van der Waals surface area contributed by atoms with Crippen LogP contribution < -0.4 is 25.2 Å². The van der Waals surface area contributed by atoms with E-state index in [9.17, 15) is 19.2 Å². The van der Waals surface area contributed by atoms with Gasteiger partial charge in [-0.25, -0.2) is 4.79 Å². The van der Waals surface area contributed by atoms with E-state index in [1.165, 1.54) is 0 Å². The smallest absolute Gasteiger partial charge is 0.328 e. The Morgan fingerprint density at radius 2 is 1.70 bits per heavy atom. The number of nitrogens with zero attached hydrogens (tertiary/aromatic N) is 8. The number of hydrogen-bond donors (Lipinski definition) is 2. The molecule has 1 saturated carbocycles. The highest BCUT2D eigenvalue weighted by molar-refractivity contribution is 6.31. The number of fused-ring (bicyclic) bond motifs is 1. The van der Waals surface area contributed by atoms with Crippen molar-refractivity contribution in [1.82, 2.24) is 35.2 Å². The van der Waals surface area contributed by atoms with Gasteiger partial charge in [0.15, 0.2) is 11.5 Å². The van der Waals surface area contributed by atoms with Gasteiger partial charge in [0.25, 0.3) is 5.91 Å². The Bertz CT molecular complexity index is 2180. The van der Waals surface area contributed by atoms with Crippen LogP contribution in [0.2, 0.25) is 5.02 Å². The molecule has 296 valence electrons. The maximum atomic E-state index is 13.4. The molecule has 4 aromatic rings. The maximum Gasteiger partial charge on any atom is 0.328 e. The number of piperazine rings is 1. The van der Waals surface area contributed by atoms with E-state index in [1.54, 1.807) is 29.2 Å². The van der Waals surface area contributed by atoms with Gasteiger partial charge in [0, 0.05) is 82.0 Å². The molecule has 0 unspecified atom stereocenters. The lowest BCUT2D eigenvalue weighted by Gasteiger charge is -2.37. The summed E-state index contributed by atoms with van der Waals surface area (Å²) in [5.41, 5.74) is 2.52. The van der Waals surface area contributed by atoms with Crippen LogP contribution in [0, 0.1) is 11.3 Å². The maximum absolute atomic E-state index is 13.4. The van der Waals surface area contributed by atoms with E-state index in [1.807, 2.05) is 35.2 Å². The number of piperidine rings is 1. The van der Waals surface area contributed by atoms with E-state index in [0.717, 1.165) is 68.2 Å². The Kier molecular flexibility index (Phi) is 11.2. The third-order valence-corrected chi connectivity index (χ3v) is 11.9. The molecule has 2 N–H and O–H groups in total. The molecule has 0 bridgehead atoms. The first-order valence-electron chi connectivity index (χ1n) is 19.7. The van der Waals surface area contributed by atoms with Crippen molar-refractivity contribution < 1.29 is 23.9 Å². The highest BCUT2D eigenvalue weighted by atomic mass is 35.5. The standard InChI is InChI=1S/C41H45ClN10O5/c42-33-24-31(7-4-27(33)25-43)57-30-8-5-28(6-9-30)44-40(55)34-10-11-37(47-46-34)49-22-20-48(21-23-49)26-39(54)50-16-12-29(13-17-50)51-18-14-32-35(51)2-1-3-36(32)52-19-15-38(53)45-41(52)56/h1-4,7,10-11,14,18,24,28-30H,5-6,8-9,12-13,15-17,19-23,26H2,(H,44,55)(H,45,53,56)/t28-,30-. The zero-order valence-electron chi connectivity index (χ0n) is 31.6. The molecule has 5 amide bonds. The van der Waals surface area contributed by atoms with Gasteiger partial charge >= 0.3 is 6.03 Å². The van der Waals surface area contributed by atoms with Crippen LogP contribution in [0.25, 0.3) is 10.9 Å². The van der Waals surface area contributed by atoms with E-state index in [2.05, 4.69) is 47.5 Å². The second kappa shape index (κ2) is 16.8. The average Bonchev–Trinajstić information content (AvgIpc) is 3.67. The SMILES string of the molecule is N#Cc1ccc(O[C@H]2CC[C@H](NC(=O)c3ccc(N4CCN(CC(=O)N5CCC(n6ccc7c(N8CCC(=O)NC8=O)cccc76)CC5)CC4)nn3)CC2)cc1Cl. The Labute approximate surface area is 335 Å². The average molecular weight is 793 g/mol. The Morgan fingerprint density at radius 3 is 2.40 bits per heavy atom. The topological polar surface area (TPSA) is 169 Å². The first kappa shape index (κ1) is 38.2. The van der Waals surface area contributed by atoms with E-state index < -0.39 is 6.03 Å². The van der Waals surface area contributed by atoms with Crippen LogP contribution in [-0.2, 0) is 9.59 Å². The molecular weight excluding hydrogens is 748 g/mol. The molecule has 4 aliphatic rings. The largest absolute Gasteiger partial charge is 0.490 e. The Balaban J connectivity index is 0.758. The van der Waals surface area contributed by atoms with Crippen molar-refractivity contribution in [2.24, 2.45) is 0 Å². The van der Waals surface area contributed by atoms with E-state index >= 15 is 0 Å². The fourth-order valence-corrected chi connectivity index (χ4v) is 8.60. The number of likely N-dealkylation sites (tertiary alicyclic amines) is 1. The molecule has 8 rings (SSSR count). The number of aromatic nitrogens is 3. The van der Waals surface area contributed by atoms with Crippen molar-refractivity contribution in [2.45, 2.75) is 63.1 Å². The van der Waals surface area contributed by atoms with Gasteiger partial charge in [0.2, 0.25) is 11.8 Å². The minimum Gasteiger partial charge on any atom is -0.490 e. The minimum absolute atomic E-state index is 0.0136. The lowest BCUT2D eigenvalue weighted by atomic mass is 9.93. The molecule has 3 saturated heterocycles. The number of hydrogen-bond acceptors (Lipinski definition) is 10. The lowest BCUT2D eigenvalue weighted by molar-refractivity contribution is -0.133. The van der Waals surface area contributed by atoms with Crippen molar-refractivity contribution in [1.29, 1.82) is 5.26 Å². The number of amides is 5. The Hall–Kier alpha value is -5.72. The number of rotatable bonds is 9. The van der Waals surface area contributed by atoms with Gasteiger partial charge in [-0.2, -0.15) is 5.26 Å². The van der Waals surface area contributed by atoms with Crippen molar-refractivity contribution in [2.75, 3.05) is 62.2 Å². The second-order valence-electron chi connectivity index (χ2n) is 15.2. The highest BCUT2D eigenvalue weighted by Crippen LogP contribution is 2.34. The molecule has 2 aromatic carbocycles. The zero-order valence-corrected chi connectivity index (χ0v) is 32.4. The summed E-state index contributed by atoms with van der Waals surface area (Å²) in [6, 6.07) is 18.5. The van der Waals surface area contributed by atoms with Gasteiger partial charge in [-0.05, 0) is 81.0 Å². The van der Waals surface area contributed by atoms with Crippen LogP contribution in [0.4, 0.5) is 16.3 Å². The van der Waals surface area contributed by atoms with Gasteiger partial charge in [-0.3, -0.25) is 29.5 Å². The zero-order chi connectivity index (χ0) is 39.5. The number of anilines is 2. The number of nitrogens with one attached hydrogen (secondary N) is 2. The molecule has 5 heterocycles. The van der Waals surface area contributed by atoms with Crippen LogP contribution in [0.15, 0.2) is 60.8 Å². The second-order valence-corrected chi connectivity index (χ2v) is 15.6. The molecule has 0 radical (unpaired) electrons. The number of carbonyl (C=O) groups is 4. The third kappa shape index (κ3) is 8.52. The molecule has 1 aliphatic carbocycles. The molecule has 57 heavy (non-hydrogen) atoms. The van der Waals surface area contributed by atoms with E-state index in [-0.39, 0.29) is 48.0 Å². The number of imide groups is 1. The fourth-order valence-electron chi connectivity index (χ4n) is 8.39. The van der Waals surface area contributed by atoms with Crippen molar-refractivity contribution in [3.8, 4) is 11.8 Å². The molecular formula is C41H45ClN10O5. The van der Waals surface area contributed by atoms with Crippen LogP contribution >= 0.6 is 11.6 Å². The van der Waals surface area contributed by atoms with Crippen LogP contribution in [0.1, 0.15) is 67.0 Å². The first-order valence-corrected chi connectivity index (χ1v) is 20.1. The number of urea groups is 1. The molecule has 0 atom stereocenters. The van der Waals surface area contributed by atoms with Crippen molar-refractivity contribution >= 4 is 57.8 Å². The summed E-state index contributed by atoms with van der Waals surface area (Å²) in [5, 5.41) is 24.5. The summed E-state index contributed by atoms with van der Waals surface area (Å²) in [6.45, 7) is 4.93. The number of ether oxygens (including phenoxy) is 1. The molecule has 15 nitrogen and oxygen atoms in total. The quantitative estimate of drug-likeness (QED) is 0.246. The number of halogens is 1. The molecule has 4 fully saturated rings. The predicted octanol–water partition coefficient (Wildman–Crippen LogP) is 4.51. The Morgan fingerprint density at radius 1 is 0.912 bits per heavy atom. The van der Waals surface area contributed by atoms with Crippen molar-refractivity contribution in [3.05, 3.63) is 77.1 Å². The van der Waals surface area contributed by atoms with Crippen LogP contribution in [0.3, 0.4) is 0 Å². The molecule has 3 aliphatic heterocycles. The van der Waals surface area contributed by atoms with Gasteiger partial charge in [-0.1, -0.05) is 17.7 Å². The molecule has 16 heteroatoms. The highest BCUT2D eigenvalue weighted by Gasteiger charge is 2.30. The van der Waals surface area contributed by atoms with Gasteiger partial charge in [0.05, 0.1) is 34.4 Å². The van der Waals surface area contributed by atoms with Crippen molar-refractivity contribution in [3.63, 3.8) is 0 Å². The fraction of sp³-hybridized carbons (Fsp3) is 0.439. The van der Waals surface area contributed by atoms with E-state index in [0.29, 0.717) is 61.4 Å². The summed E-state index contributed by atoms with van der Waals surface area (Å²) >= 11 is 6.14. The monoisotopic (exact) mass is 792 g/mol. The number of carbonyl (C=O) groups excluding carboxylic acids is 4. The summed E-state index contributed by atoms with van der Waals surface area (Å²) in [6.07, 6.45) is 7.15. The number of benzene rings is 2. The van der Waals surface area contributed by atoms with Crippen LogP contribution in [0.5, 0.6) is 5.75 Å².